The van der Waals surface area contributed by atoms with Crippen molar-refractivity contribution in [2.45, 2.75) is 20.5 Å². The summed E-state index contributed by atoms with van der Waals surface area (Å²) in [6, 6.07) is 10.7. The summed E-state index contributed by atoms with van der Waals surface area (Å²) in [6.45, 7) is 4.35. The van der Waals surface area contributed by atoms with E-state index in [2.05, 4.69) is 9.99 Å². The summed E-state index contributed by atoms with van der Waals surface area (Å²) in [5.74, 6) is 0.672. The van der Waals surface area contributed by atoms with Crippen molar-refractivity contribution in [3.63, 3.8) is 0 Å². The number of hydrogen-bond acceptors (Lipinski definition) is 5. The van der Waals surface area contributed by atoms with E-state index in [0.29, 0.717) is 39.4 Å². The topological polar surface area (TPSA) is 57.1 Å². The summed E-state index contributed by atoms with van der Waals surface area (Å²) in [5, 5.41) is 4.78. The fraction of sp³-hybridized carbons (Fsp3) is 0.200. The van der Waals surface area contributed by atoms with Gasteiger partial charge < -0.3 is 14.3 Å². The van der Waals surface area contributed by atoms with Crippen LogP contribution >= 0.6 is 23.2 Å². The predicted octanol–water partition coefficient (Wildman–Crippen LogP) is 5.29. The van der Waals surface area contributed by atoms with Crippen LogP contribution in [0.5, 0.6) is 11.5 Å². The van der Waals surface area contributed by atoms with E-state index in [4.69, 9.17) is 32.7 Å². The smallest absolute Gasteiger partial charge is 0.367 e. The maximum atomic E-state index is 11.7. The Kier molecular flexibility index (Phi) is 6.04. The number of carbonyl (C=O) groups excluding carboxylic acids is 1. The Bertz CT molecular complexity index is 938. The van der Waals surface area contributed by atoms with E-state index in [1.165, 1.54) is 0 Å². The number of hydrogen-bond donors (Lipinski definition) is 0. The lowest BCUT2D eigenvalue weighted by atomic mass is 10.1. The van der Waals surface area contributed by atoms with Gasteiger partial charge in [-0.25, -0.2) is 4.79 Å². The highest BCUT2D eigenvalue weighted by Crippen LogP contribution is 2.31. The van der Waals surface area contributed by atoms with E-state index in [1.54, 1.807) is 37.3 Å². The SMILES string of the molecule is CCOc1cc(/C=C2/C(=O)ON=C2C)ccc1OCc1ccc(Cl)cc1Cl. The zero-order valence-electron chi connectivity index (χ0n) is 14.8. The van der Waals surface area contributed by atoms with E-state index < -0.39 is 5.97 Å². The summed E-state index contributed by atoms with van der Waals surface area (Å²) in [7, 11) is 0. The van der Waals surface area contributed by atoms with Crippen LogP contribution in [0, 0.1) is 0 Å². The van der Waals surface area contributed by atoms with Gasteiger partial charge in [0.15, 0.2) is 11.5 Å². The van der Waals surface area contributed by atoms with Gasteiger partial charge in [0, 0.05) is 15.6 Å². The zero-order chi connectivity index (χ0) is 19.4. The van der Waals surface area contributed by atoms with Crippen LogP contribution in [0.25, 0.3) is 6.08 Å². The number of carbonyl (C=O) groups is 1. The molecule has 0 amide bonds. The van der Waals surface area contributed by atoms with Gasteiger partial charge in [0.05, 0.1) is 17.9 Å². The number of rotatable bonds is 6. The van der Waals surface area contributed by atoms with Gasteiger partial charge in [-0.05, 0) is 49.8 Å². The van der Waals surface area contributed by atoms with Crippen LogP contribution in [-0.4, -0.2) is 18.3 Å². The molecule has 1 aliphatic rings. The van der Waals surface area contributed by atoms with Crippen molar-refractivity contribution in [1.29, 1.82) is 0 Å². The molecule has 0 aliphatic carbocycles. The largest absolute Gasteiger partial charge is 0.490 e. The Morgan fingerprint density at radius 3 is 2.59 bits per heavy atom. The Morgan fingerprint density at radius 2 is 1.93 bits per heavy atom. The molecule has 0 saturated carbocycles. The molecule has 5 nitrogen and oxygen atoms in total. The molecule has 7 heteroatoms. The van der Waals surface area contributed by atoms with Gasteiger partial charge >= 0.3 is 5.97 Å². The van der Waals surface area contributed by atoms with Gasteiger partial charge in [0.25, 0.3) is 0 Å². The van der Waals surface area contributed by atoms with Crippen LogP contribution < -0.4 is 9.47 Å². The van der Waals surface area contributed by atoms with Crippen LogP contribution in [0.1, 0.15) is 25.0 Å². The summed E-state index contributed by atoms with van der Waals surface area (Å²) < 4.78 is 11.6. The van der Waals surface area contributed by atoms with Crippen molar-refractivity contribution in [3.05, 3.63) is 63.1 Å². The minimum atomic E-state index is -0.469. The fourth-order valence-corrected chi connectivity index (χ4v) is 2.95. The van der Waals surface area contributed by atoms with Crippen molar-refractivity contribution in [2.24, 2.45) is 5.16 Å². The highest BCUT2D eigenvalue weighted by Gasteiger charge is 2.22. The minimum Gasteiger partial charge on any atom is -0.490 e. The summed E-state index contributed by atoms with van der Waals surface area (Å²) in [6.07, 6.45) is 1.70. The predicted molar refractivity (Wildman–Crippen MR) is 106 cm³/mol. The highest BCUT2D eigenvalue weighted by atomic mass is 35.5. The molecule has 0 saturated heterocycles. The second-order valence-electron chi connectivity index (χ2n) is 5.78. The third-order valence-corrected chi connectivity index (χ3v) is 4.44. The molecule has 2 aromatic rings. The molecule has 0 spiro atoms. The van der Waals surface area contributed by atoms with Crippen LogP contribution in [0.15, 0.2) is 47.1 Å². The van der Waals surface area contributed by atoms with Gasteiger partial charge in [-0.1, -0.05) is 40.5 Å². The first-order chi connectivity index (χ1) is 13.0. The van der Waals surface area contributed by atoms with Crippen LogP contribution in [0.4, 0.5) is 0 Å². The lowest BCUT2D eigenvalue weighted by Gasteiger charge is -2.13. The van der Waals surface area contributed by atoms with E-state index in [-0.39, 0.29) is 6.61 Å². The van der Waals surface area contributed by atoms with E-state index >= 15 is 0 Å². The first-order valence-electron chi connectivity index (χ1n) is 8.29. The maximum absolute atomic E-state index is 11.7. The Morgan fingerprint density at radius 1 is 1.11 bits per heavy atom. The average Bonchev–Trinajstić information content (AvgIpc) is 2.94. The number of oxime groups is 1. The molecular weight excluding hydrogens is 389 g/mol. The van der Waals surface area contributed by atoms with Gasteiger partial charge in [-0.3, -0.25) is 0 Å². The lowest BCUT2D eigenvalue weighted by Crippen LogP contribution is -2.03. The van der Waals surface area contributed by atoms with Crippen molar-refractivity contribution < 1.29 is 19.1 Å². The van der Waals surface area contributed by atoms with E-state index in [1.807, 2.05) is 19.1 Å². The Labute approximate surface area is 167 Å². The van der Waals surface area contributed by atoms with Crippen molar-refractivity contribution in [2.75, 3.05) is 6.61 Å². The summed E-state index contributed by atoms with van der Waals surface area (Å²) >= 11 is 12.1. The molecule has 0 unspecified atom stereocenters. The molecule has 0 radical (unpaired) electrons. The highest BCUT2D eigenvalue weighted by molar-refractivity contribution is 6.35. The Balaban J connectivity index is 1.82. The molecule has 0 bridgehead atoms. The molecule has 0 atom stereocenters. The standard InChI is InChI=1S/C20H17Cl2NO4/c1-3-25-19-9-13(8-16-12(2)23-27-20(16)24)4-7-18(19)26-11-14-5-6-15(21)10-17(14)22/h4-10H,3,11H2,1-2H3/b16-8+. The van der Waals surface area contributed by atoms with Crippen LogP contribution in [0.3, 0.4) is 0 Å². The number of ether oxygens (including phenoxy) is 2. The zero-order valence-corrected chi connectivity index (χ0v) is 16.3. The number of benzene rings is 2. The molecule has 0 fully saturated rings. The molecule has 0 aromatic heterocycles. The molecule has 27 heavy (non-hydrogen) atoms. The quantitative estimate of drug-likeness (QED) is 0.483. The van der Waals surface area contributed by atoms with E-state index in [9.17, 15) is 4.79 Å². The number of halogens is 2. The Hall–Kier alpha value is -2.50. The number of nitrogens with zero attached hydrogens (tertiary/aromatic N) is 1. The van der Waals surface area contributed by atoms with Crippen molar-refractivity contribution in [3.8, 4) is 11.5 Å². The first-order valence-corrected chi connectivity index (χ1v) is 9.05. The van der Waals surface area contributed by atoms with Gasteiger partial charge in [-0.15, -0.1) is 0 Å². The molecule has 1 heterocycles. The molecule has 140 valence electrons. The summed E-state index contributed by atoms with van der Waals surface area (Å²) in [4.78, 5) is 16.4. The van der Waals surface area contributed by atoms with Gasteiger partial charge in [0.2, 0.25) is 0 Å². The molecular formula is C20H17Cl2NO4. The van der Waals surface area contributed by atoms with Crippen LogP contribution in [0.2, 0.25) is 10.0 Å². The second-order valence-corrected chi connectivity index (χ2v) is 6.62. The minimum absolute atomic E-state index is 0.272. The van der Waals surface area contributed by atoms with E-state index in [0.717, 1.165) is 11.1 Å². The van der Waals surface area contributed by atoms with Crippen LogP contribution in [-0.2, 0) is 16.2 Å². The van der Waals surface area contributed by atoms with Crippen molar-refractivity contribution >= 4 is 41.0 Å². The van der Waals surface area contributed by atoms with Crippen molar-refractivity contribution in [1.82, 2.24) is 0 Å². The third kappa shape index (κ3) is 4.62. The summed E-state index contributed by atoms with van der Waals surface area (Å²) in [5.41, 5.74) is 2.55. The normalized spacial score (nSPS) is 14.9. The third-order valence-electron chi connectivity index (χ3n) is 3.85. The second kappa shape index (κ2) is 8.46. The molecule has 0 N–H and O–H groups in total. The molecule has 1 aliphatic heterocycles. The molecule has 3 rings (SSSR count). The lowest BCUT2D eigenvalue weighted by molar-refractivity contribution is -0.136. The first kappa shape index (κ1) is 19.3. The van der Waals surface area contributed by atoms with Gasteiger partial charge in [0.1, 0.15) is 6.61 Å². The van der Waals surface area contributed by atoms with Gasteiger partial charge in [-0.2, -0.15) is 0 Å². The maximum Gasteiger partial charge on any atom is 0.367 e. The monoisotopic (exact) mass is 405 g/mol. The fourth-order valence-electron chi connectivity index (χ4n) is 2.48. The average molecular weight is 406 g/mol. The molecule has 2 aromatic carbocycles.